The molecule has 2 fully saturated rings. The summed E-state index contributed by atoms with van der Waals surface area (Å²) < 4.78 is 5.96. The average molecular weight is 364 g/mol. The van der Waals surface area contributed by atoms with Gasteiger partial charge in [-0.25, -0.2) is 0 Å². The molecule has 2 aliphatic heterocycles. The molecule has 2 saturated heterocycles. The number of likely N-dealkylation sites (tertiary alicyclic amines) is 1. The topological polar surface area (TPSA) is 22.9 Å². The van der Waals surface area contributed by atoms with Gasteiger partial charge in [0.2, 0.25) is 0 Å². The second-order valence-corrected chi connectivity index (χ2v) is 8.10. The summed E-state index contributed by atoms with van der Waals surface area (Å²) in [6.45, 7) is 10.9. The monoisotopic (exact) mass is 363 g/mol. The number of benzene rings is 2. The number of piperazine rings is 1. The lowest BCUT2D eigenvalue weighted by Crippen LogP contribution is -2.47. The van der Waals surface area contributed by atoms with Crippen molar-refractivity contribution < 1.29 is 4.42 Å². The van der Waals surface area contributed by atoms with Crippen LogP contribution in [-0.4, -0.2) is 67.1 Å². The third-order valence-corrected chi connectivity index (χ3v) is 6.24. The lowest BCUT2D eigenvalue weighted by Gasteiger charge is -2.35. The average Bonchev–Trinajstić information content (AvgIpc) is 3.35. The molecular formula is C23H29N3O. The first-order valence-corrected chi connectivity index (χ1v) is 10.4. The quantitative estimate of drug-likeness (QED) is 0.688. The van der Waals surface area contributed by atoms with Crippen LogP contribution in [0, 0.1) is 0 Å². The molecule has 3 heterocycles. The largest absolute Gasteiger partial charge is 0.456 e. The van der Waals surface area contributed by atoms with E-state index in [1.165, 1.54) is 81.5 Å². The van der Waals surface area contributed by atoms with Gasteiger partial charge in [-0.1, -0.05) is 24.3 Å². The lowest BCUT2D eigenvalue weighted by molar-refractivity contribution is 0.117. The normalized spacial score (nSPS) is 20.1. The molecule has 0 N–H and O–H groups in total. The van der Waals surface area contributed by atoms with E-state index < -0.39 is 0 Å². The van der Waals surface area contributed by atoms with Crippen LogP contribution in [-0.2, 0) is 6.54 Å². The number of fused-ring (bicyclic) bond motifs is 3. The Morgan fingerprint density at radius 3 is 2.15 bits per heavy atom. The number of para-hydroxylation sites is 1. The molecule has 4 nitrogen and oxygen atoms in total. The third kappa shape index (κ3) is 3.75. The number of hydrogen-bond donors (Lipinski definition) is 0. The zero-order chi connectivity index (χ0) is 18.1. The van der Waals surface area contributed by atoms with Gasteiger partial charge in [-0.3, -0.25) is 9.80 Å². The Kier molecular flexibility index (Phi) is 4.87. The van der Waals surface area contributed by atoms with Gasteiger partial charge >= 0.3 is 0 Å². The summed E-state index contributed by atoms with van der Waals surface area (Å²) in [5, 5.41) is 2.47. The molecule has 0 atom stereocenters. The predicted molar refractivity (Wildman–Crippen MR) is 111 cm³/mol. The summed E-state index contributed by atoms with van der Waals surface area (Å²) in [5.74, 6) is 0. The fourth-order valence-corrected chi connectivity index (χ4v) is 4.59. The van der Waals surface area contributed by atoms with Crippen LogP contribution >= 0.6 is 0 Å². The van der Waals surface area contributed by atoms with Crippen LogP contribution in [0.1, 0.15) is 18.4 Å². The molecule has 27 heavy (non-hydrogen) atoms. The molecule has 0 amide bonds. The van der Waals surface area contributed by atoms with Crippen LogP contribution in [0.4, 0.5) is 0 Å². The van der Waals surface area contributed by atoms with Crippen molar-refractivity contribution in [3.63, 3.8) is 0 Å². The second kappa shape index (κ2) is 7.63. The molecule has 0 aliphatic carbocycles. The Labute approximate surface area is 161 Å². The van der Waals surface area contributed by atoms with E-state index in [0.717, 1.165) is 17.7 Å². The lowest BCUT2D eigenvalue weighted by atomic mass is 10.1. The Morgan fingerprint density at radius 1 is 0.667 bits per heavy atom. The summed E-state index contributed by atoms with van der Waals surface area (Å²) in [5.41, 5.74) is 3.36. The fourth-order valence-electron chi connectivity index (χ4n) is 4.59. The maximum absolute atomic E-state index is 5.96. The highest BCUT2D eigenvalue weighted by Crippen LogP contribution is 2.29. The van der Waals surface area contributed by atoms with E-state index >= 15 is 0 Å². The summed E-state index contributed by atoms with van der Waals surface area (Å²) in [6.07, 6.45) is 2.79. The summed E-state index contributed by atoms with van der Waals surface area (Å²) >= 11 is 0. The van der Waals surface area contributed by atoms with E-state index in [9.17, 15) is 0 Å². The highest BCUT2D eigenvalue weighted by molar-refractivity contribution is 6.04. The van der Waals surface area contributed by atoms with Gasteiger partial charge in [0.05, 0.1) is 0 Å². The van der Waals surface area contributed by atoms with Crippen molar-refractivity contribution >= 4 is 21.9 Å². The standard InChI is InChI=1S/C23H29N3O/c1-2-6-22-20(5-1)21-17-19(7-8-23(21)27-22)18-26-15-13-25(14-16-26)12-11-24-9-3-4-10-24/h1-2,5-8,17H,3-4,9-16,18H2. The molecule has 4 heteroatoms. The van der Waals surface area contributed by atoms with Crippen molar-refractivity contribution in [3.8, 4) is 0 Å². The van der Waals surface area contributed by atoms with Crippen molar-refractivity contribution in [1.29, 1.82) is 0 Å². The number of rotatable bonds is 5. The van der Waals surface area contributed by atoms with Gasteiger partial charge in [-0.15, -0.1) is 0 Å². The van der Waals surface area contributed by atoms with Crippen LogP contribution in [0.3, 0.4) is 0 Å². The molecule has 2 aliphatic rings. The molecule has 0 unspecified atom stereocenters. The molecule has 142 valence electrons. The van der Waals surface area contributed by atoms with E-state index in [2.05, 4.69) is 51.1 Å². The van der Waals surface area contributed by atoms with Crippen LogP contribution in [0.15, 0.2) is 46.9 Å². The Hall–Kier alpha value is -1.88. The molecule has 1 aromatic heterocycles. The minimum atomic E-state index is 0.983. The van der Waals surface area contributed by atoms with Gasteiger partial charge in [-0.2, -0.15) is 0 Å². The molecule has 0 spiro atoms. The number of furan rings is 1. The van der Waals surface area contributed by atoms with Crippen LogP contribution in [0.2, 0.25) is 0 Å². The molecule has 0 radical (unpaired) electrons. The van der Waals surface area contributed by atoms with Crippen LogP contribution in [0.25, 0.3) is 21.9 Å². The zero-order valence-corrected chi connectivity index (χ0v) is 16.1. The predicted octanol–water partition coefficient (Wildman–Crippen LogP) is 3.80. The van der Waals surface area contributed by atoms with Crippen molar-refractivity contribution in [3.05, 3.63) is 48.0 Å². The molecule has 5 rings (SSSR count). The van der Waals surface area contributed by atoms with E-state index in [-0.39, 0.29) is 0 Å². The smallest absolute Gasteiger partial charge is 0.135 e. The fraction of sp³-hybridized carbons (Fsp3) is 0.478. The molecule has 0 saturated carbocycles. The first-order chi connectivity index (χ1) is 13.3. The van der Waals surface area contributed by atoms with Crippen molar-refractivity contribution in [2.75, 3.05) is 52.4 Å². The second-order valence-electron chi connectivity index (χ2n) is 8.10. The van der Waals surface area contributed by atoms with Crippen LogP contribution < -0.4 is 0 Å². The molecular weight excluding hydrogens is 334 g/mol. The third-order valence-electron chi connectivity index (χ3n) is 6.24. The van der Waals surface area contributed by atoms with Crippen molar-refractivity contribution in [2.45, 2.75) is 19.4 Å². The first-order valence-electron chi connectivity index (χ1n) is 10.4. The number of nitrogens with zero attached hydrogens (tertiary/aromatic N) is 3. The summed E-state index contributed by atoms with van der Waals surface area (Å²) in [6, 6.07) is 15.0. The molecule has 0 bridgehead atoms. The minimum absolute atomic E-state index is 0.983. The van der Waals surface area contributed by atoms with Gasteiger partial charge in [0, 0.05) is 56.6 Å². The maximum atomic E-state index is 5.96. The first kappa shape index (κ1) is 17.2. The van der Waals surface area contributed by atoms with Gasteiger partial charge in [-0.05, 0) is 49.7 Å². The Balaban J connectivity index is 1.19. The zero-order valence-electron chi connectivity index (χ0n) is 16.1. The molecule has 2 aromatic carbocycles. The highest BCUT2D eigenvalue weighted by Gasteiger charge is 2.19. The summed E-state index contributed by atoms with van der Waals surface area (Å²) in [7, 11) is 0. The van der Waals surface area contributed by atoms with Gasteiger partial charge < -0.3 is 9.32 Å². The minimum Gasteiger partial charge on any atom is -0.456 e. The molecule has 3 aromatic rings. The van der Waals surface area contributed by atoms with Crippen LogP contribution in [0.5, 0.6) is 0 Å². The van der Waals surface area contributed by atoms with Crippen molar-refractivity contribution in [2.24, 2.45) is 0 Å². The highest BCUT2D eigenvalue weighted by atomic mass is 16.3. The SMILES string of the molecule is c1ccc2c(c1)oc1ccc(CN3CCN(CCN4CCCC4)CC3)cc12. The number of hydrogen-bond acceptors (Lipinski definition) is 4. The van der Waals surface area contributed by atoms with Crippen molar-refractivity contribution in [1.82, 2.24) is 14.7 Å². The van der Waals surface area contributed by atoms with Gasteiger partial charge in [0.1, 0.15) is 11.2 Å². The van der Waals surface area contributed by atoms with E-state index in [0.29, 0.717) is 0 Å². The Morgan fingerprint density at radius 2 is 1.33 bits per heavy atom. The van der Waals surface area contributed by atoms with E-state index in [1.54, 1.807) is 0 Å². The van der Waals surface area contributed by atoms with E-state index in [1.807, 2.05) is 6.07 Å². The maximum Gasteiger partial charge on any atom is 0.135 e. The summed E-state index contributed by atoms with van der Waals surface area (Å²) in [4.78, 5) is 7.86. The van der Waals surface area contributed by atoms with E-state index in [4.69, 9.17) is 4.42 Å². The Bertz CT molecular complexity index is 904. The van der Waals surface area contributed by atoms with Gasteiger partial charge in [0.15, 0.2) is 0 Å². The van der Waals surface area contributed by atoms with Gasteiger partial charge in [0.25, 0.3) is 0 Å².